The highest BCUT2D eigenvalue weighted by Crippen LogP contribution is 2.40. The summed E-state index contributed by atoms with van der Waals surface area (Å²) in [5.41, 5.74) is 6.63. The van der Waals surface area contributed by atoms with Crippen LogP contribution >= 0.6 is 11.6 Å². The van der Waals surface area contributed by atoms with Gasteiger partial charge in [-0.1, -0.05) is 41.9 Å². The molecule has 0 unspecified atom stereocenters. The number of methoxy groups -OCH3 is 3. The SMILES string of the molecule is COc1cc(-n2ccc3c(-c4cccc(-c5cnc(CNC[C@@H]6CCC(=O)N6)c(OC)n5)c4Cl)cccc32)cc(OC)c1CNC[C@@H]1CCC(=O)N1. The van der Waals surface area contributed by atoms with Gasteiger partial charge in [-0.25, -0.2) is 4.98 Å². The van der Waals surface area contributed by atoms with Crippen LogP contribution in [0, 0.1) is 0 Å². The van der Waals surface area contributed by atoms with Crippen molar-refractivity contribution < 1.29 is 23.8 Å². The summed E-state index contributed by atoms with van der Waals surface area (Å²) in [6, 6.07) is 18.4. The van der Waals surface area contributed by atoms with E-state index in [1.165, 1.54) is 0 Å². The maximum atomic E-state index is 11.6. The number of carbonyl (C=O) groups is 2. The van der Waals surface area contributed by atoms with Gasteiger partial charge in [0.2, 0.25) is 17.7 Å². The van der Waals surface area contributed by atoms with Crippen molar-refractivity contribution in [2.24, 2.45) is 0 Å². The van der Waals surface area contributed by atoms with E-state index in [1.54, 1.807) is 27.5 Å². The standard InChI is InChI=1S/C39H42ClN7O5/c1-50-34-16-25(17-35(51-2)30(34)20-41-18-23-10-12-36(48)44-23)47-15-14-27-26(6-5-9-33(27)47)28-7-4-8-29(38(28)40)31-22-43-32(39(46-31)52-3)21-42-19-24-11-13-37(49)45-24/h4-9,14-17,22-24,41-42H,10-13,18-21H2,1-3H3,(H,44,48)(H,45,49)/t23-,24-/m0/s1. The van der Waals surface area contributed by atoms with Crippen molar-refractivity contribution in [1.29, 1.82) is 0 Å². The third kappa shape index (κ3) is 7.27. The van der Waals surface area contributed by atoms with Crippen LogP contribution in [-0.4, -0.2) is 72.9 Å². The van der Waals surface area contributed by atoms with Crippen LogP contribution in [0.15, 0.2) is 67.0 Å². The third-order valence-electron chi connectivity index (χ3n) is 9.72. The van der Waals surface area contributed by atoms with Gasteiger partial charge < -0.3 is 40.0 Å². The molecule has 0 spiro atoms. The van der Waals surface area contributed by atoms with Gasteiger partial charge in [-0.3, -0.25) is 14.6 Å². The number of halogens is 1. The molecule has 2 saturated heterocycles. The quantitative estimate of drug-likeness (QED) is 0.122. The molecule has 4 heterocycles. The van der Waals surface area contributed by atoms with Gasteiger partial charge >= 0.3 is 0 Å². The van der Waals surface area contributed by atoms with E-state index < -0.39 is 0 Å². The van der Waals surface area contributed by atoms with Crippen molar-refractivity contribution in [3.05, 3.63) is 83.3 Å². The van der Waals surface area contributed by atoms with E-state index in [-0.39, 0.29) is 23.9 Å². The van der Waals surface area contributed by atoms with E-state index in [2.05, 4.69) is 49.0 Å². The lowest BCUT2D eigenvalue weighted by atomic mass is 9.98. The second kappa shape index (κ2) is 15.6. The van der Waals surface area contributed by atoms with Gasteiger partial charge in [0.05, 0.1) is 55.0 Å². The van der Waals surface area contributed by atoms with Gasteiger partial charge in [0, 0.05) is 85.9 Å². The Morgan fingerprint density at radius 1 is 0.827 bits per heavy atom. The van der Waals surface area contributed by atoms with Crippen LogP contribution in [0.4, 0.5) is 0 Å². The first-order valence-electron chi connectivity index (χ1n) is 17.4. The van der Waals surface area contributed by atoms with Crippen molar-refractivity contribution >= 4 is 34.3 Å². The van der Waals surface area contributed by atoms with Crippen molar-refractivity contribution in [2.75, 3.05) is 34.4 Å². The van der Waals surface area contributed by atoms with Gasteiger partial charge in [-0.2, -0.15) is 0 Å². The summed E-state index contributed by atoms with van der Waals surface area (Å²) in [4.78, 5) is 32.6. The molecular weight excluding hydrogens is 682 g/mol. The molecule has 0 bridgehead atoms. The molecule has 7 rings (SSSR count). The van der Waals surface area contributed by atoms with Crippen LogP contribution in [0.5, 0.6) is 17.4 Å². The fourth-order valence-corrected chi connectivity index (χ4v) is 7.38. The minimum Gasteiger partial charge on any atom is -0.496 e. The molecule has 12 nitrogen and oxygen atoms in total. The van der Waals surface area contributed by atoms with Gasteiger partial charge in [0.25, 0.3) is 0 Å². The van der Waals surface area contributed by atoms with Crippen LogP contribution < -0.4 is 35.5 Å². The molecule has 2 atom stereocenters. The predicted octanol–water partition coefficient (Wildman–Crippen LogP) is 5.17. The van der Waals surface area contributed by atoms with Crippen molar-refractivity contribution in [3.8, 4) is 45.5 Å². The van der Waals surface area contributed by atoms with Crippen LogP contribution in [0.25, 0.3) is 39.0 Å². The van der Waals surface area contributed by atoms with E-state index in [0.717, 1.165) is 51.7 Å². The van der Waals surface area contributed by atoms with Crippen LogP contribution in [0.2, 0.25) is 5.02 Å². The molecule has 2 aliphatic heterocycles. The number of hydrogen-bond donors (Lipinski definition) is 4. The summed E-state index contributed by atoms with van der Waals surface area (Å²) in [7, 11) is 4.89. The number of benzene rings is 3. The highest BCUT2D eigenvalue weighted by molar-refractivity contribution is 6.36. The molecule has 0 aliphatic carbocycles. The van der Waals surface area contributed by atoms with E-state index >= 15 is 0 Å². The molecule has 2 amide bonds. The summed E-state index contributed by atoms with van der Waals surface area (Å²) in [5, 5.41) is 14.3. The predicted molar refractivity (Wildman–Crippen MR) is 200 cm³/mol. The molecule has 52 heavy (non-hydrogen) atoms. The van der Waals surface area contributed by atoms with E-state index in [1.807, 2.05) is 42.6 Å². The average Bonchev–Trinajstić information content (AvgIpc) is 3.91. The van der Waals surface area contributed by atoms with Crippen molar-refractivity contribution in [2.45, 2.75) is 50.9 Å². The zero-order valence-electron chi connectivity index (χ0n) is 29.4. The highest BCUT2D eigenvalue weighted by atomic mass is 35.5. The van der Waals surface area contributed by atoms with Crippen molar-refractivity contribution in [3.63, 3.8) is 0 Å². The molecule has 270 valence electrons. The molecule has 2 fully saturated rings. The fraction of sp³-hybridized carbons (Fsp3) is 0.333. The first-order chi connectivity index (χ1) is 25.4. The average molecular weight is 724 g/mol. The van der Waals surface area contributed by atoms with Gasteiger partial charge in [0.1, 0.15) is 17.2 Å². The summed E-state index contributed by atoms with van der Waals surface area (Å²) < 4.78 is 19.4. The molecular formula is C39H42ClN7O5. The fourth-order valence-electron chi connectivity index (χ4n) is 7.06. The number of amides is 2. The largest absolute Gasteiger partial charge is 0.496 e. The number of aromatic nitrogens is 3. The van der Waals surface area contributed by atoms with E-state index in [0.29, 0.717) is 72.8 Å². The molecule has 0 radical (unpaired) electrons. The summed E-state index contributed by atoms with van der Waals surface area (Å²) in [5.74, 6) is 2.00. The first-order valence-corrected chi connectivity index (χ1v) is 17.8. The molecule has 3 aromatic carbocycles. The summed E-state index contributed by atoms with van der Waals surface area (Å²) in [6.07, 6.45) is 6.53. The zero-order chi connectivity index (χ0) is 36.2. The van der Waals surface area contributed by atoms with Gasteiger partial charge in [-0.05, 0) is 30.5 Å². The molecule has 13 heteroatoms. The summed E-state index contributed by atoms with van der Waals surface area (Å²) >= 11 is 7.17. The molecule has 0 saturated carbocycles. The number of nitrogens with zero attached hydrogens (tertiary/aromatic N) is 3. The van der Waals surface area contributed by atoms with Crippen LogP contribution in [0.1, 0.15) is 36.9 Å². The molecule has 2 aliphatic rings. The molecule has 5 aromatic rings. The Balaban J connectivity index is 1.14. The zero-order valence-corrected chi connectivity index (χ0v) is 30.2. The van der Waals surface area contributed by atoms with E-state index in [9.17, 15) is 9.59 Å². The Morgan fingerprint density at radius 3 is 2.10 bits per heavy atom. The van der Waals surface area contributed by atoms with Gasteiger partial charge in [0.15, 0.2) is 0 Å². The maximum Gasteiger partial charge on any atom is 0.237 e. The smallest absolute Gasteiger partial charge is 0.237 e. The minimum atomic E-state index is 0.0891. The first kappa shape index (κ1) is 35.2. The minimum absolute atomic E-state index is 0.0891. The van der Waals surface area contributed by atoms with Crippen LogP contribution in [0.3, 0.4) is 0 Å². The molecule has 4 N–H and O–H groups in total. The summed E-state index contributed by atoms with van der Waals surface area (Å²) in [6.45, 7) is 2.29. The normalized spacial score (nSPS) is 17.0. The number of hydrogen-bond acceptors (Lipinski definition) is 9. The number of fused-ring (bicyclic) bond motifs is 1. The maximum absolute atomic E-state index is 11.6. The lowest BCUT2D eigenvalue weighted by molar-refractivity contribution is -0.120. The third-order valence-corrected chi connectivity index (χ3v) is 10.1. The Bertz CT molecular complexity index is 2090. The number of carbonyl (C=O) groups excluding carboxylic acids is 2. The monoisotopic (exact) mass is 723 g/mol. The van der Waals surface area contributed by atoms with E-state index in [4.69, 9.17) is 30.8 Å². The Hall–Kier alpha value is -5.17. The lowest BCUT2D eigenvalue weighted by Gasteiger charge is -2.18. The topological polar surface area (TPSA) is 141 Å². The second-order valence-electron chi connectivity index (χ2n) is 13.0. The number of rotatable bonds is 14. The number of ether oxygens (including phenoxy) is 3. The van der Waals surface area contributed by atoms with Crippen LogP contribution in [-0.2, 0) is 22.7 Å². The molecule has 2 aromatic heterocycles. The lowest BCUT2D eigenvalue weighted by Crippen LogP contribution is -2.35. The second-order valence-corrected chi connectivity index (χ2v) is 13.4. The Morgan fingerprint density at radius 2 is 1.46 bits per heavy atom. The van der Waals surface area contributed by atoms with Gasteiger partial charge in [-0.15, -0.1) is 0 Å². The van der Waals surface area contributed by atoms with Crippen molar-refractivity contribution in [1.82, 2.24) is 35.8 Å². The Labute approximate surface area is 307 Å². The number of nitrogens with one attached hydrogen (secondary N) is 4. The Kier molecular flexibility index (Phi) is 10.6. The highest BCUT2D eigenvalue weighted by Gasteiger charge is 2.23.